The Morgan fingerprint density at radius 3 is 2.52 bits per heavy atom. The SMILES string of the molecule is COc1ccc(C2=CC(C(=O)O)=CN(CC=Cc3ccc(Cl)cc3)N2)cc1. The van der Waals surface area contributed by atoms with Crippen molar-refractivity contribution in [3.05, 3.63) is 88.6 Å². The van der Waals surface area contributed by atoms with Crippen LogP contribution in [0.15, 0.2) is 72.5 Å². The number of carboxylic acid groups (broad SMARTS) is 1. The minimum atomic E-state index is -0.978. The van der Waals surface area contributed by atoms with E-state index >= 15 is 0 Å². The number of nitrogens with one attached hydrogen (secondary N) is 1. The maximum Gasteiger partial charge on any atom is 0.337 e. The second-order valence-corrected chi connectivity index (χ2v) is 6.33. The first-order valence-electron chi connectivity index (χ1n) is 8.32. The van der Waals surface area contributed by atoms with E-state index in [9.17, 15) is 9.90 Å². The monoisotopic (exact) mass is 382 g/mol. The zero-order valence-electron chi connectivity index (χ0n) is 14.7. The highest BCUT2D eigenvalue weighted by Crippen LogP contribution is 2.22. The summed E-state index contributed by atoms with van der Waals surface area (Å²) in [4.78, 5) is 11.5. The maximum atomic E-state index is 11.5. The Balaban J connectivity index is 1.75. The molecule has 2 aromatic rings. The van der Waals surface area contributed by atoms with Gasteiger partial charge in [0.25, 0.3) is 0 Å². The number of ether oxygens (including phenoxy) is 1. The van der Waals surface area contributed by atoms with Crippen molar-refractivity contribution in [1.29, 1.82) is 0 Å². The van der Waals surface area contributed by atoms with E-state index in [1.165, 1.54) is 0 Å². The number of halogens is 1. The van der Waals surface area contributed by atoms with Gasteiger partial charge in [0.05, 0.1) is 24.9 Å². The highest BCUT2D eigenvalue weighted by molar-refractivity contribution is 6.30. The Morgan fingerprint density at radius 1 is 1.19 bits per heavy atom. The maximum absolute atomic E-state index is 11.5. The molecule has 0 saturated carbocycles. The Hall–Kier alpha value is -3.18. The number of benzene rings is 2. The first-order chi connectivity index (χ1) is 13.0. The fourth-order valence-corrected chi connectivity index (χ4v) is 2.72. The van der Waals surface area contributed by atoms with Crippen LogP contribution in [0.2, 0.25) is 5.02 Å². The number of nitrogens with zero attached hydrogens (tertiary/aromatic N) is 1. The van der Waals surface area contributed by atoms with E-state index in [2.05, 4.69) is 5.43 Å². The van der Waals surface area contributed by atoms with Crippen LogP contribution < -0.4 is 10.2 Å². The van der Waals surface area contributed by atoms with Crippen molar-refractivity contribution < 1.29 is 14.6 Å². The standard InChI is InChI=1S/C21H19ClN2O3/c1-27-19-10-6-16(7-11-19)20-13-17(21(25)26)14-24(23-20)12-2-3-15-4-8-18(22)9-5-15/h2-11,13-14,23H,12H2,1H3,(H,25,26). The van der Waals surface area contributed by atoms with Crippen LogP contribution in [0.3, 0.4) is 0 Å². The van der Waals surface area contributed by atoms with Gasteiger partial charge in [0.15, 0.2) is 0 Å². The van der Waals surface area contributed by atoms with Crippen LogP contribution >= 0.6 is 11.6 Å². The minimum absolute atomic E-state index is 0.208. The normalized spacial score (nSPS) is 13.8. The Bertz CT molecular complexity index is 900. The highest BCUT2D eigenvalue weighted by Gasteiger charge is 2.16. The van der Waals surface area contributed by atoms with Crippen molar-refractivity contribution in [2.75, 3.05) is 13.7 Å². The van der Waals surface area contributed by atoms with Crippen molar-refractivity contribution in [1.82, 2.24) is 10.4 Å². The quantitative estimate of drug-likeness (QED) is 0.784. The van der Waals surface area contributed by atoms with Crippen molar-refractivity contribution in [2.24, 2.45) is 0 Å². The summed E-state index contributed by atoms with van der Waals surface area (Å²) in [6.45, 7) is 0.493. The van der Waals surface area contributed by atoms with Gasteiger partial charge in [-0.25, -0.2) is 4.79 Å². The van der Waals surface area contributed by atoms with Crippen molar-refractivity contribution >= 4 is 29.3 Å². The summed E-state index contributed by atoms with van der Waals surface area (Å²) in [5.74, 6) is -0.235. The molecule has 0 fully saturated rings. The van der Waals surface area contributed by atoms with Gasteiger partial charge in [0.1, 0.15) is 5.75 Å². The molecule has 1 aliphatic rings. The molecule has 0 bridgehead atoms. The highest BCUT2D eigenvalue weighted by atomic mass is 35.5. The van der Waals surface area contributed by atoms with E-state index in [1.54, 1.807) is 24.4 Å². The van der Waals surface area contributed by atoms with Gasteiger partial charge in [-0.15, -0.1) is 0 Å². The molecule has 0 aromatic heterocycles. The third kappa shape index (κ3) is 4.92. The molecule has 5 nitrogen and oxygen atoms in total. The van der Waals surface area contributed by atoms with Gasteiger partial charge in [0, 0.05) is 11.2 Å². The lowest BCUT2D eigenvalue weighted by Crippen LogP contribution is -2.35. The molecule has 0 amide bonds. The first-order valence-corrected chi connectivity index (χ1v) is 8.69. The van der Waals surface area contributed by atoms with Crippen molar-refractivity contribution in [3.8, 4) is 5.75 Å². The fraction of sp³-hybridized carbons (Fsp3) is 0.0952. The van der Waals surface area contributed by atoms with Crippen LogP contribution in [-0.2, 0) is 4.79 Å². The molecule has 0 unspecified atom stereocenters. The Kier molecular flexibility index (Phi) is 5.84. The van der Waals surface area contributed by atoms with E-state index in [0.29, 0.717) is 17.3 Å². The number of hydrogen-bond donors (Lipinski definition) is 2. The molecular formula is C21H19ClN2O3. The average Bonchev–Trinajstić information content (AvgIpc) is 2.69. The molecule has 0 atom stereocenters. The summed E-state index contributed by atoms with van der Waals surface area (Å²) in [6, 6.07) is 14.9. The van der Waals surface area contributed by atoms with E-state index in [1.807, 2.05) is 60.7 Å². The van der Waals surface area contributed by atoms with E-state index in [-0.39, 0.29) is 5.57 Å². The molecule has 3 rings (SSSR count). The summed E-state index contributed by atoms with van der Waals surface area (Å²) >= 11 is 5.89. The molecule has 0 spiro atoms. The van der Waals surface area contributed by atoms with Crippen LogP contribution in [0.5, 0.6) is 5.75 Å². The molecule has 2 aromatic carbocycles. The number of aliphatic carboxylic acids is 1. The number of carboxylic acids is 1. The number of hydrazine groups is 1. The summed E-state index contributed by atoms with van der Waals surface area (Å²) in [5.41, 5.74) is 6.03. The predicted molar refractivity (Wildman–Crippen MR) is 107 cm³/mol. The summed E-state index contributed by atoms with van der Waals surface area (Å²) in [7, 11) is 1.60. The molecule has 0 saturated heterocycles. The molecule has 138 valence electrons. The number of rotatable bonds is 6. The van der Waals surface area contributed by atoms with Crippen LogP contribution in [-0.4, -0.2) is 29.7 Å². The van der Waals surface area contributed by atoms with Crippen molar-refractivity contribution in [2.45, 2.75) is 0 Å². The topological polar surface area (TPSA) is 61.8 Å². The lowest BCUT2D eigenvalue weighted by molar-refractivity contribution is -0.132. The molecule has 0 radical (unpaired) electrons. The zero-order valence-corrected chi connectivity index (χ0v) is 15.5. The molecular weight excluding hydrogens is 364 g/mol. The Morgan fingerprint density at radius 2 is 1.89 bits per heavy atom. The van der Waals surface area contributed by atoms with E-state index < -0.39 is 5.97 Å². The number of methoxy groups -OCH3 is 1. The number of carbonyl (C=O) groups is 1. The molecule has 1 heterocycles. The first kappa shape index (κ1) is 18.6. The summed E-state index contributed by atoms with van der Waals surface area (Å²) in [6.07, 6.45) is 7.09. The molecule has 0 aliphatic carbocycles. The molecule has 1 aliphatic heterocycles. The smallest absolute Gasteiger partial charge is 0.337 e. The van der Waals surface area contributed by atoms with Crippen molar-refractivity contribution in [3.63, 3.8) is 0 Å². The zero-order chi connectivity index (χ0) is 19.2. The molecule has 27 heavy (non-hydrogen) atoms. The van der Waals surface area contributed by atoms with Gasteiger partial charge >= 0.3 is 5.97 Å². The number of hydrogen-bond acceptors (Lipinski definition) is 4. The van der Waals surface area contributed by atoms with Gasteiger partial charge in [-0.05, 0) is 53.6 Å². The lowest BCUT2D eigenvalue weighted by Gasteiger charge is -2.27. The largest absolute Gasteiger partial charge is 0.497 e. The van der Waals surface area contributed by atoms with Crippen LogP contribution in [0.25, 0.3) is 11.8 Å². The summed E-state index contributed by atoms with van der Waals surface area (Å²) < 4.78 is 5.17. The van der Waals surface area contributed by atoms with Gasteiger partial charge in [-0.3, -0.25) is 10.4 Å². The predicted octanol–water partition coefficient (Wildman–Crippen LogP) is 4.19. The lowest BCUT2D eigenvalue weighted by atomic mass is 10.1. The third-order valence-electron chi connectivity index (χ3n) is 3.99. The molecule has 6 heteroatoms. The second kappa shape index (κ2) is 8.47. The third-order valence-corrected chi connectivity index (χ3v) is 4.24. The van der Waals surface area contributed by atoms with Crippen LogP contribution in [0, 0.1) is 0 Å². The van der Waals surface area contributed by atoms with E-state index in [4.69, 9.17) is 16.3 Å². The van der Waals surface area contributed by atoms with E-state index in [0.717, 1.165) is 16.9 Å². The average molecular weight is 383 g/mol. The molecule has 2 N–H and O–H groups in total. The minimum Gasteiger partial charge on any atom is -0.497 e. The Labute approximate surface area is 162 Å². The van der Waals surface area contributed by atoms with Crippen LogP contribution in [0.1, 0.15) is 11.1 Å². The van der Waals surface area contributed by atoms with Gasteiger partial charge in [0.2, 0.25) is 0 Å². The second-order valence-electron chi connectivity index (χ2n) is 5.89. The van der Waals surface area contributed by atoms with Gasteiger partial charge in [-0.1, -0.05) is 35.9 Å². The van der Waals surface area contributed by atoms with Gasteiger partial charge in [-0.2, -0.15) is 0 Å². The summed E-state index contributed by atoms with van der Waals surface area (Å²) in [5, 5.41) is 11.8. The van der Waals surface area contributed by atoms with Gasteiger partial charge < -0.3 is 9.84 Å². The fourth-order valence-electron chi connectivity index (χ4n) is 2.59. The van der Waals surface area contributed by atoms with Crippen LogP contribution in [0.4, 0.5) is 0 Å².